The molecule has 0 spiro atoms. The molecule has 7 N–H and O–H groups in total. The molecule has 0 saturated heterocycles. The summed E-state index contributed by atoms with van der Waals surface area (Å²) in [6, 6.07) is 10.6. The van der Waals surface area contributed by atoms with Gasteiger partial charge in [-0.05, 0) is 24.3 Å². The van der Waals surface area contributed by atoms with Crippen molar-refractivity contribution in [3.63, 3.8) is 0 Å². The van der Waals surface area contributed by atoms with Crippen LogP contribution >= 0.6 is 0 Å². The molecule has 0 amide bonds. The second kappa shape index (κ2) is 8.61. The molecule has 0 heterocycles. The molecule has 33 heavy (non-hydrogen) atoms. The Balaban J connectivity index is 0.00000204. The summed E-state index contributed by atoms with van der Waals surface area (Å²) < 4.78 is 33.5. The first kappa shape index (κ1) is 24.4. The summed E-state index contributed by atoms with van der Waals surface area (Å²) >= 11 is 0. The van der Waals surface area contributed by atoms with Gasteiger partial charge in [0.25, 0.3) is 10.1 Å². The van der Waals surface area contributed by atoms with Crippen molar-refractivity contribution >= 4 is 50.4 Å². The van der Waals surface area contributed by atoms with Crippen LogP contribution in [0.15, 0.2) is 53.4 Å². The zero-order chi connectivity index (χ0) is 23.4. The van der Waals surface area contributed by atoms with Gasteiger partial charge in [0.1, 0.15) is 4.90 Å². The molecule has 12 heteroatoms. The molecule has 10 nitrogen and oxygen atoms in total. The fourth-order valence-electron chi connectivity index (χ4n) is 3.61. The van der Waals surface area contributed by atoms with Crippen LogP contribution in [0.5, 0.6) is 0 Å². The van der Waals surface area contributed by atoms with Crippen LogP contribution in [0, 0.1) is 0 Å². The maximum Gasteiger partial charge on any atom is 1.00 e. The smallest absolute Gasteiger partial charge is 1.00 e. The molecule has 0 unspecified atom stereocenters. The largest absolute Gasteiger partial charge is 1.00 e. The zero-order valence-electron chi connectivity index (χ0n) is 18.1. The molecule has 0 bridgehead atoms. The summed E-state index contributed by atoms with van der Waals surface area (Å²) in [5, 5.41) is 12.0. The summed E-state index contributed by atoms with van der Waals surface area (Å²) in [5.41, 5.74) is 10.5. The van der Waals surface area contributed by atoms with Crippen LogP contribution in [0.1, 0.15) is 43.6 Å². The van der Waals surface area contributed by atoms with Crippen molar-refractivity contribution in [1.82, 2.24) is 0 Å². The van der Waals surface area contributed by atoms with E-state index in [0.717, 1.165) is 6.07 Å². The number of ketones is 2. The Morgan fingerprint density at radius 3 is 2.06 bits per heavy atom. The molecule has 0 saturated carbocycles. The molecule has 0 aliphatic heterocycles. The van der Waals surface area contributed by atoms with Gasteiger partial charge < -0.3 is 23.3 Å². The number of aromatic carboxylic acids is 1. The topological polar surface area (TPSA) is 190 Å². The van der Waals surface area contributed by atoms with E-state index in [0.29, 0.717) is 0 Å². The molecule has 3 aromatic carbocycles. The first-order valence-electron chi connectivity index (χ1n) is 9.02. The fraction of sp³-hybridized carbons (Fsp3) is 0. The minimum atomic E-state index is -4.88. The minimum Gasteiger partial charge on any atom is -1.00 e. The Kier molecular flexibility index (Phi) is 6.37. The molecule has 1 aliphatic carbocycles. The van der Waals surface area contributed by atoms with Gasteiger partial charge in [-0.1, -0.05) is 24.3 Å². The van der Waals surface area contributed by atoms with Crippen molar-refractivity contribution in [2.24, 2.45) is 0 Å². The molecule has 0 fully saturated rings. The number of benzene rings is 3. The van der Waals surface area contributed by atoms with Gasteiger partial charge in [-0.15, -0.1) is 0 Å². The molecular weight excluding hydrogens is 461 g/mol. The minimum absolute atomic E-state index is 0. The van der Waals surface area contributed by atoms with Gasteiger partial charge in [0, 0.05) is 22.5 Å². The van der Waals surface area contributed by atoms with Crippen molar-refractivity contribution in [1.29, 1.82) is 0 Å². The molecule has 0 radical (unpaired) electrons. The van der Waals surface area contributed by atoms with E-state index in [2.05, 4.69) is 5.32 Å². The summed E-state index contributed by atoms with van der Waals surface area (Å²) in [4.78, 5) is 36.9. The number of carbonyl (C=O) groups excluding carboxylic acids is 2. The number of nitrogens with one attached hydrogen (secondary N) is 1. The fourth-order valence-corrected chi connectivity index (χ4v) is 4.26. The van der Waals surface area contributed by atoms with Crippen molar-refractivity contribution in [3.05, 3.63) is 76.3 Å². The van der Waals surface area contributed by atoms with E-state index in [-0.39, 0.29) is 75.9 Å². The maximum absolute atomic E-state index is 13.2. The van der Waals surface area contributed by atoms with Gasteiger partial charge >= 0.3 is 35.5 Å². The normalized spacial score (nSPS) is 12.4. The number of rotatable bonds is 4. The molecule has 0 aromatic heterocycles. The number of hydrogen-bond acceptors (Lipinski definition) is 8. The van der Waals surface area contributed by atoms with Crippen LogP contribution in [-0.2, 0) is 10.1 Å². The van der Waals surface area contributed by atoms with E-state index >= 15 is 0 Å². The van der Waals surface area contributed by atoms with Crippen LogP contribution in [0.4, 0.5) is 22.7 Å². The van der Waals surface area contributed by atoms with Crippen LogP contribution in [0.25, 0.3) is 0 Å². The summed E-state index contributed by atoms with van der Waals surface area (Å²) in [6.07, 6.45) is 0. The van der Waals surface area contributed by atoms with Crippen molar-refractivity contribution < 1.29 is 63.4 Å². The number of carboxylic acids is 1. The number of nitrogen functional groups attached to an aromatic ring is 2. The second-order valence-electron chi connectivity index (χ2n) is 7.04. The SMILES string of the molecule is Nc1cc(Nc2cc(S(=O)(=O)O)c(N)c3c2C(=O)c2ccccc2C3=O)cc(C(=O)O)c1.[H-].[Na+]. The molecule has 3 aromatic rings. The van der Waals surface area contributed by atoms with E-state index in [4.69, 9.17) is 11.5 Å². The maximum atomic E-state index is 13.2. The summed E-state index contributed by atoms with van der Waals surface area (Å²) in [6.45, 7) is 0. The number of carbonyl (C=O) groups is 3. The van der Waals surface area contributed by atoms with E-state index < -0.39 is 38.2 Å². The molecule has 1 aliphatic rings. The number of carboxylic acid groups (broad SMARTS) is 1. The Hall–Kier alpha value is -3.22. The van der Waals surface area contributed by atoms with Gasteiger partial charge in [0.05, 0.1) is 28.1 Å². The number of hydrogen-bond donors (Lipinski definition) is 5. The predicted molar refractivity (Wildman–Crippen MR) is 116 cm³/mol. The van der Waals surface area contributed by atoms with Crippen molar-refractivity contribution in [3.8, 4) is 0 Å². The van der Waals surface area contributed by atoms with E-state index in [1.165, 1.54) is 36.4 Å². The number of fused-ring (bicyclic) bond motifs is 2. The second-order valence-corrected chi connectivity index (χ2v) is 8.43. The third-order valence-electron chi connectivity index (χ3n) is 4.96. The van der Waals surface area contributed by atoms with E-state index in [1.807, 2.05) is 0 Å². The van der Waals surface area contributed by atoms with Crippen LogP contribution < -0.4 is 46.3 Å². The average Bonchev–Trinajstić information content (AvgIpc) is 2.71. The molecule has 0 atom stereocenters. The molecular formula is C21H16N3NaO7S. The van der Waals surface area contributed by atoms with Crippen LogP contribution in [0.3, 0.4) is 0 Å². The van der Waals surface area contributed by atoms with Crippen LogP contribution in [0.2, 0.25) is 0 Å². The zero-order valence-corrected chi connectivity index (χ0v) is 19.9. The van der Waals surface area contributed by atoms with Crippen molar-refractivity contribution in [2.45, 2.75) is 4.90 Å². The van der Waals surface area contributed by atoms with Gasteiger partial charge in [-0.2, -0.15) is 8.42 Å². The molecule has 4 rings (SSSR count). The standard InChI is InChI=1S/C21H15N3O7S.Na.H/c22-10-5-9(21(27)28)6-11(7-10)24-14-8-15(32(29,30)31)18(23)17-16(14)19(25)12-3-1-2-4-13(12)20(17)26;;/h1-8,24H,22-23H2,(H,27,28)(H,29,30,31);;/q;+1;-1. The number of anilines is 4. The van der Waals surface area contributed by atoms with Gasteiger partial charge in [0.15, 0.2) is 11.6 Å². The third kappa shape index (κ3) is 4.24. The van der Waals surface area contributed by atoms with Crippen LogP contribution in [-0.4, -0.2) is 35.6 Å². The predicted octanol–water partition coefficient (Wildman–Crippen LogP) is -0.569. The Morgan fingerprint density at radius 1 is 0.939 bits per heavy atom. The van der Waals surface area contributed by atoms with Gasteiger partial charge in [-0.3, -0.25) is 14.1 Å². The van der Waals surface area contributed by atoms with Crippen molar-refractivity contribution in [2.75, 3.05) is 16.8 Å². The first-order valence-corrected chi connectivity index (χ1v) is 10.5. The first-order chi connectivity index (χ1) is 15.0. The van der Waals surface area contributed by atoms with Gasteiger partial charge in [0.2, 0.25) is 0 Å². The monoisotopic (exact) mass is 477 g/mol. The molecule has 164 valence electrons. The van der Waals surface area contributed by atoms with E-state index in [1.54, 1.807) is 6.07 Å². The Morgan fingerprint density at radius 2 is 1.52 bits per heavy atom. The average molecular weight is 477 g/mol. The van der Waals surface area contributed by atoms with Gasteiger partial charge in [-0.25, -0.2) is 4.79 Å². The third-order valence-corrected chi connectivity index (χ3v) is 5.85. The summed E-state index contributed by atoms with van der Waals surface area (Å²) in [5.74, 6) is -2.56. The van der Waals surface area contributed by atoms with E-state index in [9.17, 15) is 32.5 Å². The number of nitrogens with two attached hydrogens (primary N) is 2. The quantitative estimate of drug-likeness (QED) is 0.145. The Labute approximate surface area is 211 Å². The Bertz CT molecular complexity index is 1480. The summed E-state index contributed by atoms with van der Waals surface area (Å²) in [7, 11) is -4.88.